The van der Waals surface area contributed by atoms with Crippen molar-refractivity contribution in [3.05, 3.63) is 118 Å². The Morgan fingerprint density at radius 3 is 2.49 bits per heavy atom. The average molecular weight is 932 g/mol. The fourth-order valence-electron chi connectivity index (χ4n) is 8.75. The average Bonchev–Trinajstić information content (AvgIpc) is 3.31. The first kappa shape index (κ1) is 48.1. The van der Waals surface area contributed by atoms with Crippen LogP contribution >= 0.6 is 0 Å². The molecule has 2 aliphatic heterocycles. The first-order valence-corrected chi connectivity index (χ1v) is 22.2. The van der Waals surface area contributed by atoms with E-state index in [0.29, 0.717) is 54.6 Å². The number of piperazine rings is 1. The number of hydrogen-bond acceptors (Lipinski definition) is 12. The molecule has 2 aromatic heterocycles. The van der Waals surface area contributed by atoms with E-state index in [1.807, 2.05) is 6.92 Å². The molecule has 4 heterocycles. The Balaban J connectivity index is 1.07. The summed E-state index contributed by atoms with van der Waals surface area (Å²) in [5.74, 6) is -4.46. The number of phenolic OH excluding ortho intramolecular Hbond substituents is 1. The van der Waals surface area contributed by atoms with Crippen LogP contribution in [0.3, 0.4) is 0 Å². The van der Waals surface area contributed by atoms with Gasteiger partial charge in [-0.1, -0.05) is 49.4 Å². The van der Waals surface area contributed by atoms with E-state index in [1.165, 1.54) is 40.8 Å². The van der Waals surface area contributed by atoms with Crippen LogP contribution in [0, 0.1) is 18.6 Å². The van der Waals surface area contributed by atoms with Crippen molar-refractivity contribution < 1.29 is 42.7 Å². The van der Waals surface area contributed by atoms with Gasteiger partial charge in [-0.3, -0.25) is 34.1 Å². The summed E-state index contributed by atoms with van der Waals surface area (Å²) in [5.41, 5.74) is 0.128. The number of aldehydes is 1. The number of anilines is 2. The summed E-state index contributed by atoms with van der Waals surface area (Å²) in [6.07, 6.45) is 3.89. The van der Waals surface area contributed by atoms with Crippen molar-refractivity contribution in [3.63, 3.8) is 0 Å². The highest BCUT2D eigenvalue weighted by Crippen LogP contribution is 2.37. The van der Waals surface area contributed by atoms with Gasteiger partial charge in [0.05, 0.1) is 22.2 Å². The molecule has 5 aromatic rings. The molecule has 17 nitrogen and oxygen atoms in total. The number of aromatic nitrogens is 3. The largest absolute Gasteiger partial charge is 0.507 e. The minimum atomic E-state index is -0.978. The van der Waals surface area contributed by atoms with Gasteiger partial charge in [0.2, 0.25) is 23.6 Å². The molecule has 2 atom stereocenters. The van der Waals surface area contributed by atoms with Crippen LogP contribution in [-0.4, -0.2) is 111 Å². The Morgan fingerprint density at radius 1 is 1.00 bits per heavy atom. The van der Waals surface area contributed by atoms with Gasteiger partial charge in [0.15, 0.2) is 17.8 Å². The SMILES string of the molecule is C=CC(=O)N1CCN(c2nc(=O)n(-c3c(C)cccc3CNC(=O)CCCCCNc3cccc(C=O)c3C(=O)N(C)C3CCC(=O)NC3=O)c3nc(-c4c(O)cccc4F)c(F)cc23)C(C)C1. The fourth-order valence-corrected chi connectivity index (χ4v) is 8.75. The zero-order valence-electron chi connectivity index (χ0n) is 37.8. The number of unbranched alkanes of at least 4 members (excludes halogenated alkanes) is 2. The summed E-state index contributed by atoms with van der Waals surface area (Å²) >= 11 is 0. The second kappa shape index (κ2) is 20.8. The van der Waals surface area contributed by atoms with Crippen molar-refractivity contribution >= 4 is 58.4 Å². The van der Waals surface area contributed by atoms with Gasteiger partial charge < -0.3 is 30.4 Å². The van der Waals surface area contributed by atoms with Crippen molar-refractivity contribution in [1.29, 1.82) is 0 Å². The maximum atomic E-state index is 16.2. The molecule has 7 rings (SSSR count). The third-order valence-electron chi connectivity index (χ3n) is 12.3. The number of aryl methyl sites for hydroxylation is 1. The molecule has 354 valence electrons. The van der Waals surface area contributed by atoms with Crippen LogP contribution in [0.15, 0.2) is 78.1 Å². The van der Waals surface area contributed by atoms with Crippen molar-refractivity contribution in [3.8, 4) is 22.7 Å². The maximum absolute atomic E-state index is 16.2. The van der Waals surface area contributed by atoms with Gasteiger partial charge in [0, 0.05) is 69.9 Å². The van der Waals surface area contributed by atoms with Crippen LogP contribution in [0.4, 0.5) is 20.3 Å². The fraction of sp³-hybridized carbons (Fsp3) is 0.327. The molecule has 2 aliphatic rings. The number of benzene rings is 3. The number of pyridine rings is 1. The second-order valence-corrected chi connectivity index (χ2v) is 16.8. The quantitative estimate of drug-likeness (QED) is 0.0448. The van der Waals surface area contributed by atoms with Crippen LogP contribution in [0.2, 0.25) is 0 Å². The molecule has 68 heavy (non-hydrogen) atoms. The number of carbonyl (C=O) groups is 6. The second-order valence-electron chi connectivity index (χ2n) is 16.8. The highest BCUT2D eigenvalue weighted by molar-refractivity contribution is 6.09. The molecule has 2 fully saturated rings. The lowest BCUT2D eigenvalue weighted by molar-refractivity contribution is -0.136. The molecule has 5 amide bonds. The molecular formula is C49H51F2N9O8. The number of aromatic hydroxyl groups is 1. The lowest BCUT2D eigenvalue weighted by Crippen LogP contribution is -2.54. The smallest absolute Gasteiger partial charge is 0.355 e. The number of rotatable bonds is 16. The molecule has 0 radical (unpaired) electrons. The van der Waals surface area contributed by atoms with Crippen LogP contribution in [0.1, 0.15) is 77.3 Å². The van der Waals surface area contributed by atoms with Gasteiger partial charge in [-0.15, -0.1) is 0 Å². The third kappa shape index (κ3) is 9.96. The first-order chi connectivity index (χ1) is 32.6. The normalized spacial score (nSPS) is 16.0. The van der Waals surface area contributed by atoms with Crippen molar-refractivity contribution in [2.24, 2.45) is 0 Å². The van der Waals surface area contributed by atoms with E-state index in [0.717, 1.165) is 12.1 Å². The van der Waals surface area contributed by atoms with E-state index in [9.17, 15) is 38.7 Å². The predicted octanol–water partition coefficient (Wildman–Crippen LogP) is 4.94. The summed E-state index contributed by atoms with van der Waals surface area (Å²) in [4.78, 5) is 103. The number of carbonyl (C=O) groups excluding carboxylic acids is 6. The molecule has 0 bridgehead atoms. The highest BCUT2D eigenvalue weighted by Gasteiger charge is 2.35. The first-order valence-electron chi connectivity index (χ1n) is 22.2. The number of fused-ring (bicyclic) bond motifs is 1. The number of halogens is 2. The molecule has 2 unspecified atom stereocenters. The molecule has 3 aromatic carbocycles. The maximum Gasteiger partial charge on any atom is 0.355 e. The van der Waals surface area contributed by atoms with Gasteiger partial charge in [-0.25, -0.2) is 23.1 Å². The third-order valence-corrected chi connectivity index (χ3v) is 12.3. The van der Waals surface area contributed by atoms with Gasteiger partial charge in [0.25, 0.3) is 5.91 Å². The minimum absolute atomic E-state index is 0.0251. The van der Waals surface area contributed by atoms with Crippen LogP contribution in [-0.2, 0) is 25.7 Å². The monoisotopic (exact) mass is 931 g/mol. The van der Waals surface area contributed by atoms with Gasteiger partial charge in [-0.2, -0.15) is 4.98 Å². The van der Waals surface area contributed by atoms with Gasteiger partial charge in [-0.05, 0) is 74.6 Å². The van der Waals surface area contributed by atoms with Crippen molar-refractivity contribution in [2.75, 3.05) is 43.4 Å². The highest BCUT2D eigenvalue weighted by atomic mass is 19.1. The number of nitrogens with one attached hydrogen (secondary N) is 3. The minimum Gasteiger partial charge on any atom is -0.507 e. The summed E-state index contributed by atoms with van der Waals surface area (Å²) in [7, 11) is 1.45. The van der Waals surface area contributed by atoms with Crippen molar-refractivity contribution in [2.45, 2.75) is 71.0 Å². The Kier molecular flexibility index (Phi) is 14.7. The van der Waals surface area contributed by atoms with E-state index in [-0.39, 0.29) is 91.3 Å². The number of imide groups is 1. The Labute approximate surface area is 389 Å². The molecule has 0 saturated carbocycles. The number of likely N-dealkylation sites (N-methyl/N-ethyl adjacent to an activating group) is 1. The lowest BCUT2D eigenvalue weighted by Gasteiger charge is -2.40. The van der Waals surface area contributed by atoms with Gasteiger partial charge >= 0.3 is 5.69 Å². The molecular weight excluding hydrogens is 881 g/mol. The van der Waals surface area contributed by atoms with Crippen LogP contribution < -0.4 is 26.5 Å². The molecule has 4 N–H and O–H groups in total. The van der Waals surface area contributed by atoms with E-state index in [4.69, 9.17) is 0 Å². The zero-order chi connectivity index (χ0) is 48.8. The predicted molar refractivity (Wildman–Crippen MR) is 249 cm³/mol. The number of amides is 5. The lowest BCUT2D eigenvalue weighted by atomic mass is 10.0. The molecule has 2 saturated heterocycles. The molecule has 0 spiro atoms. The van der Waals surface area contributed by atoms with E-state index >= 15 is 8.78 Å². The molecule has 19 heteroatoms. The van der Waals surface area contributed by atoms with Crippen molar-refractivity contribution in [1.82, 2.24) is 35.0 Å². The number of hydrogen-bond donors (Lipinski definition) is 4. The Bertz CT molecular complexity index is 2890. The van der Waals surface area contributed by atoms with E-state index in [1.54, 1.807) is 47.1 Å². The summed E-state index contributed by atoms with van der Waals surface area (Å²) in [6.45, 7) is 8.29. The van der Waals surface area contributed by atoms with E-state index in [2.05, 4.69) is 32.5 Å². The van der Waals surface area contributed by atoms with Crippen LogP contribution in [0.5, 0.6) is 5.75 Å². The molecule has 0 aliphatic carbocycles. The topological polar surface area (TPSA) is 216 Å². The number of phenols is 1. The number of nitrogens with zero attached hydrogens (tertiary/aromatic N) is 6. The summed E-state index contributed by atoms with van der Waals surface area (Å²) < 4.78 is 32.7. The number of para-hydroxylation sites is 1. The van der Waals surface area contributed by atoms with E-state index < -0.39 is 58.1 Å². The van der Waals surface area contributed by atoms with Gasteiger partial charge in [0.1, 0.15) is 29.1 Å². The number of piperidine rings is 1. The zero-order valence-corrected chi connectivity index (χ0v) is 37.8. The van der Waals surface area contributed by atoms with Crippen LogP contribution in [0.25, 0.3) is 28.0 Å². The Morgan fingerprint density at radius 2 is 1.76 bits per heavy atom. The standard InChI is InChI=1S/C49H51F2N9O8/c1-5-40(65)58-22-23-59(29(3)26-58)45-32-24-34(51)43(42-33(50)15-11-17-37(42)62)55-46(32)60(49(68)56-45)44-28(2)12-9-13-30(44)25-53-38(63)18-7-6-8-21-52-35-16-10-14-31(27-61)41(35)48(67)57(4)36-19-20-39(64)54-47(36)66/h5,9-17,24,27,29,36,52,62H,1,6-8,18-23,25-26H2,2-4H3,(H,53,63)(H,54,64,66). The Hall–Kier alpha value is -7.83. The summed E-state index contributed by atoms with van der Waals surface area (Å²) in [6, 6.07) is 13.4. The summed E-state index contributed by atoms with van der Waals surface area (Å²) in [5, 5.41) is 19.2.